The van der Waals surface area contributed by atoms with Crippen LogP contribution in [-0.4, -0.2) is 4.98 Å². The lowest BCUT2D eigenvalue weighted by Gasteiger charge is -2.05. The first-order chi connectivity index (χ1) is 8.15. The monoisotopic (exact) mass is 270 g/mol. The predicted octanol–water partition coefficient (Wildman–Crippen LogP) is 3.53. The Kier molecular flexibility index (Phi) is 4.10. The van der Waals surface area contributed by atoms with Gasteiger partial charge in [0.1, 0.15) is 10.8 Å². The van der Waals surface area contributed by atoms with E-state index in [0.717, 1.165) is 10.6 Å². The van der Waals surface area contributed by atoms with Crippen LogP contribution < -0.4 is 5.32 Å². The summed E-state index contributed by atoms with van der Waals surface area (Å²) in [6.45, 7) is 3.34. The highest BCUT2D eigenvalue weighted by atomic mass is 35.5. The van der Waals surface area contributed by atoms with Gasteiger partial charge in [-0.2, -0.15) is 0 Å². The Morgan fingerprint density at radius 2 is 2.24 bits per heavy atom. The summed E-state index contributed by atoms with van der Waals surface area (Å²) < 4.78 is 12.8. The summed E-state index contributed by atoms with van der Waals surface area (Å²) in [7, 11) is 0. The van der Waals surface area contributed by atoms with Gasteiger partial charge in [0, 0.05) is 29.2 Å². The van der Waals surface area contributed by atoms with Crippen molar-refractivity contribution in [3.8, 4) is 0 Å². The van der Waals surface area contributed by atoms with E-state index < -0.39 is 0 Å². The van der Waals surface area contributed by atoms with Gasteiger partial charge in [-0.3, -0.25) is 0 Å². The minimum Gasteiger partial charge on any atom is -0.306 e. The molecular formula is C12H12ClFN2S. The maximum Gasteiger partial charge on any atom is 0.124 e. The van der Waals surface area contributed by atoms with E-state index in [1.54, 1.807) is 17.4 Å². The van der Waals surface area contributed by atoms with Crippen LogP contribution in [0.1, 0.15) is 15.4 Å². The third kappa shape index (κ3) is 3.49. The smallest absolute Gasteiger partial charge is 0.124 e. The summed E-state index contributed by atoms with van der Waals surface area (Å²) in [5.41, 5.74) is 0.890. The van der Waals surface area contributed by atoms with Gasteiger partial charge in [-0.25, -0.2) is 9.37 Å². The van der Waals surface area contributed by atoms with E-state index >= 15 is 0 Å². The fraction of sp³-hybridized carbons (Fsp3) is 0.250. The fourth-order valence-corrected chi connectivity index (χ4v) is 2.44. The fourth-order valence-electron chi connectivity index (χ4n) is 1.45. The third-order valence-corrected chi connectivity index (χ3v) is 3.54. The minimum absolute atomic E-state index is 0.311. The SMILES string of the molecule is Cc1cnc(CNCc2ccc(F)cc2Cl)s1. The van der Waals surface area contributed by atoms with E-state index in [1.807, 2.05) is 13.1 Å². The molecule has 17 heavy (non-hydrogen) atoms. The zero-order valence-corrected chi connectivity index (χ0v) is 10.9. The molecule has 2 nitrogen and oxygen atoms in total. The molecule has 0 aliphatic heterocycles. The number of hydrogen-bond donors (Lipinski definition) is 1. The average molecular weight is 271 g/mol. The number of hydrogen-bond acceptors (Lipinski definition) is 3. The molecule has 1 aromatic carbocycles. The number of nitrogens with one attached hydrogen (secondary N) is 1. The van der Waals surface area contributed by atoms with Crippen LogP contribution in [0.5, 0.6) is 0 Å². The number of benzene rings is 1. The highest BCUT2D eigenvalue weighted by Crippen LogP contribution is 2.17. The molecule has 0 spiro atoms. The molecule has 0 radical (unpaired) electrons. The molecule has 0 aliphatic carbocycles. The minimum atomic E-state index is -0.311. The lowest BCUT2D eigenvalue weighted by atomic mass is 10.2. The van der Waals surface area contributed by atoms with Crippen LogP contribution >= 0.6 is 22.9 Å². The van der Waals surface area contributed by atoms with Crippen LogP contribution in [-0.2, 0) is 13.1 Å². The van der Waals surface area contributed by atoms with E-state index in [1.165, 1.54) is 17.0 Å². The van der Waals surface area contributed by atoms with Gasteiger partial charge < -0.3 is 5.32 Å². The van der Waals surface area contributed by atoms with Crippen LogP contribution in [0.25, 0.3) is 0 Å². The lowest BCUT2D eigenvalue weighted by molar-refractivity contribution is 0.625. The van der Waals surface area contributed by atoms with E-state index in [9.17, 15) is 4.39 Å². The summed E-state index contributed by atoms with van der Waals surface area (Å²) >= 11 is 7.59. The normalized spacial score (nSPS) is 10.8. The zero-order valence-electron chi connectivity index (χ0n) is 9.34. The first kappa shape index (κ1) is 12.5. The van der Waals surface area contributed by atoms with Gasteiger partial charge >= 0.3 is 0 Å². The molecule has 0 unspecified atom stereocenters. The summed E-state index contributed by atoms with van der Waals surface area (Å²) in [5.74, 6) is -0.311. The van der Waals surface area contributed by atoms with Crippen LogP contribution in [0.15, 0.2) is 24.4 Å². The molecule has 1 heterocycles. The van der Waals surface area contributed by atoms with Crippen molar-refractivity contribution in [1.82, 2.24) is 10.3 Å². The van der Waals surface area contributed by atoms with Crippen molar-refractivity contribution < 1.29 is 4.39 Å². The Bertz CT molecular complexity index is 513. The van der Waals surface area contributed by atoms with Gasteiger partial charge in [0.25, 0.3) is 0 Å². The Labute approximate surface area is 108 Å². The zero-order chi connectivity index (χ0) is 12.3. The topological polar surface area (TPSA) is 24.9 Å². The van der Waals surface area contributed by atoms with Crippen LogP contribution in [0.4, 0.5) is 4.39 Å². The maximum absolute atomic E-state index is 12.8. The van der Waals surface area contributed by atoms with Crippen molar-refractivity contribution in [1.29, 1.82) is 0 Å². The van der Waals surface area contributed by atoms with Crippen molar-refractivity contribution >= 4 is 22.9 Å². The molecule has 0 bridgehead atoms. The van der Waals surface area contributed by atoms with Crippen LogP contribution in [0.3, 0.4) is 0 Å². The van der Waals surface area contributed by atoms with Gasteiger partial charge in [0.15, 0.2) is 0 Å². The molecular weight excluding hydrogens is 259 g/mol. The molecule has 0 fully saturated rings. The number of halogens is 2. The summed E-state index contributed by atoms with van der Waals surface area (Å²) in [5, 5.41) is 4.73. The quantitative estimate of drug-likeness (QED) is 0.919. The second-order valence-electron chi connectivity index (χ2n) is 3.70. The molecule has 2 rings (SSSR count). The van der Waals surface area contributed by atoms with Crippen molar-refractivity contribution in [2.45, 2.75) is 20.0 Å². The summed E-state index contributed by atoms with van der Waals surface area (Å²) in [6.07, 6.45) is 1.85. The predicted molar refractivity (Wildman–Crippen MR) is 68.8 cm³/mol. The van der Waals surface area contributed by atoms with Gasteiger partial charge in [-0.1, -0.05) is 17.7 Å². The van der Waals surface area contributed by atoms with Crippen LogP contribution in [0, 0.1) is 12.7 Å². The molecule has 5 heteroatoms. The molecule has 1 aromatic heterocycles. The number of nitrogens with zero attached hydrogens (tertiary/aromatic N) is 1. The molecule has 1 N–H and O–H groups in total. The molecule has 90 valence electrons. The Morgan fingerprint density at radius 1 is 1.41 bits per heavy atom. The van der Waals surface area contributed by atoms with E-state index in [2.05, 4.69) is 10.3 Å². The molecule has 0 saturated heterocycles. The number of aryl methyl sites for hydroxylation is 1. The van der Waals surface area contributed by atoms with E-state index in [0.29, 0.717) is 18.1 Å². The highest BCUT2D eigenvalue weighted by molar-refractivity contribution is 7.11. The highest BCUT2D eigenvalue weighted by Gasteiger charge is 2.02. The summed E-state index contributed by atoms with van der Waals surface area (Å²) in [4.78, 5) is 5.44. The molecule has 2 aromatic rings. The first-order valence-electron chi connectivity index (χ1n) is 5.21. The Hall–Kier alpha value is -0.970. The van der Waals surface area contributed by atoms with Crippen molar-refractivity contribution in [3.63, 3.8) is 0 Å². The Morgan fingerprint density at radius 3 is 2.88 bits per heavy atom. The molecule has 0 amide bonds. The van der Waals surface area contributed by atoms with E-state index in [4.69, 9.17) is 11.6 Å². The average Bonchev–Trinajstić information content (AvgIpc) is 2.68. The van der Waals surface area contributed by atoms with Gasteiger partial charge in [0.2, 0.25) is 0 Å². The first-order valence-corrected chi connectivity index (χ1v) is 6.40. The summed E-state index contributed by atoms with van der Waals surface area (Å²) in [6, 6.07) is 4.43. The van der Waals surface area contributed by atoms with Crippen LogP contribution in [0.2, 0.25) is 5.02 Å². The maximum atomic E-state index is 12.8. The molecule has 0 saturated carbocycles. The second kappa shape index (κ2) is 5.58. The van der Waals surface area contributed by atoms with Gasteiger partial charge in [-0.15, -0.1) is 11.3 Å². The number of aromatic nitrogens is 1. The van der Waals surface area contributed by atoms with E-state index in [-0.39, 0.29) is 5.82 Å². The lowest BCUT2D eigenvalue weighted by Crippen LogP contribution is -2.12. The van der Waals surface area contributed by atoms with Gasteiger partial charge in [-0.05, 0) is 24.6 Å². The standard InChI is InChI=1S/C12H12ClFN2S/c1-8-5-16-12(17-8)7-15-6-9-2-3-10(14)4-11(9)13/h2-5,15H,6-7H2,1H3. The third-order valence-electron chi connectivity index (χ3n) is 2.28. The molecule has 0 atom stereocenters. The largest absolute Gasteiger partial charge is 0.306 e. The van der Waals surface area contributed by atoms with Crippen molar-refractivity contribution in [3.05, 3.63) is 50.7 Å². The van der Waals surface area contributed by atoms with Crippen molar-refractivity contribution in [2.75, 3.05) is 0 Å². The number of rotatable bonds is 4. The molecule has 0 aliphatic rings. The second-order valence-corrected chi connectivity index (χ2v) is 5.43. The van der Waals surface area contributed by atoms with Gasteiger partial charge in [0.05, 0.1) is 0 Å². The van der Waals surface area contributed by atoms with Crippen molar-refractivity contribution in [2.24, 2.45) is 0 Å². The Balaban J connectivity index is 1.90. The number of thiazole rings is 1.